The molecule has 1 saturated carbocycles. The quantitative estimate of drug-likeness (QED) is 0.848. The topological polar surface area (TPSA) is 55.1 Å². The molecular weight excluding hydrogens is 264 g/mol. The van der Waals surface area contributed by atoms with E-state index in [9.17, 15) is 0 Å². The summed E-state index contributed by atoms with van der Waals surface area (Å²) >= 11 is 0. The molecule has 1 aliphatic heterocycles. The number of anilines is 1. The van der Waals surface area contributed by atoms with Crippen LogP contribution in [0.25, 0.3) is 0 Å². The van der Waals surface area contributed by atoms with Crippen LogP contribution in [0, 0.1) is 19.8 Å². The first-order valence-electron chi connectivity index (χ1n) is 7.65. The summed E-state index contributed by atoms with van der Waals surface area (Å²) < 4.78 is 5.57. The summed E-state index contributed by atoms with van der Waals surface area (Å²) in [5, 5.41) is 4.02. The molecule has 1 saturated heterocycles. The van der Waals surface area contributed by atoms with Crippen LogP contribution in [0.4, 0.5) is 5.69 Å². The molecule has 2 aliphatic rings. The average Bonchev–Trinajstić information content (AvgIpc) is 3.12. The van der Waals surface area contributed by atoms with Crippen LogP contribution in [-0.4, -0.2) is 28.2 Å². The summed E-state index contributed by atoms with van der Waals surface area (Å²) in [5.41, 5.74) is 2.57. The molecule has 0 unspecified atom stereocenters. The van der Waals surface area contributed by atoms with E-state index in [1.54, 1.807) is 0 Å². The lowest BCUT2D eigenvalue weighted by molar-refractivity contribution is 0.265. The van der Waals surface area contributed by atoms with Crippen molar-refractivity contribution in [3.8, 4) is 0 Å². The summed E-state index contributed by atoms with van der Waals surface area (Å²) in [4.78, 5) is 11.2. The van der Waals surface area contributed by atoms with Crippen molar-refractivity contribution in [2.45, 2.75) is 38.5 Å². The van der Waals surface area contributed by atoms with Crippen LogP contribution in [0.3, 0.4) is 0 Å². The molecule has 2 aromatic rings. The monoisotopic (exact) mass is 284 g/mol. The molecule has 3 heterocycles. The van der Waals surface area contributed by atoms with Gasteiger partial charge in [0.15, 0.2) is 5.82 Å². The Bertz CT molecular complexity index is 668. The fourth-order valence-electron chi connectivity index (χ4n) is 4.14. The predicted molar refractivity (Wildman–Crippen MR) is 79.2 cm³/mol. The van der Waals surface area contributed by atoms with Gasteiger partial charge in [-0.2, -0.15) is 4.98 Å². The van der Waals surface area contributed by atoms with Gasteiger partial charge in [0.25, 0.3) is 0 Å². The van der Waals surface area contributed by atoms with Crippen molar-refractivity contribution in [1.29, 1.82) is 0 Å². The summed E-state index contributed by atoms with van der Waals surface area (Å²) in [7, 11) is 0. The molecule has 0 radical (unpaired) electrons. The Kier molecular flexibility index (Phi) is 2.77. The number of hydrogen-bond acceptors (Lipinski definition) is 5. The second kappa shape index (κ2) is 4.55. The summed E-state index contributed by atoms with van der Waals surface area (Å²) in [5.74, 6) is 2.20. The van der Waals surface area contributed by atoms with Crippen LogP contribution in [0.2, 0.25) is 0 Å². The highest BCUT2D eigenvalue weighted by molar-refractivity contribution is 5.54. The number of nitrogens with zero attached hydrogens (tertiary/aromatic N) is 4. The van der Waals surface area contributed by atoms with E-state index in [4.69, 9.17) is 4.52 Å². The van der Waals surface area contributed by atoms with Gasteiger partial charge in [0.1, 0.15) is 0 Å². The molecule has 5 heteroatoms. The van der Waals surface area contributed by atoms with Crippen molar-refractivity contribution in [3.63, 3.8) is 0 Å². The minimum Gasteiger partial charge on any atom is -0.370 e. The van der Waals surface area contributed by atoms with Gasteiger partial charge in [-0.25, -0.2) is 0 Å². The van der Waals surface area contributed by atoms with Gasteiger partial charge in [0, 0.05) is 31.2 Å². The minimum atomic E-state index is 0.0525. The van der Waals surface area contributed by atoms with E-state index in [1.165, 1.54) is 24.1 Å². The summed E-state index contributed by atoms with van der Waals surface area (Å²) in [6, 6.07) is 2.11. The van der Waals surface area contributed by atoms with E-state index in [0.717, 1.165) is 31.2 Å². The van der Waals surface area contributed by atoms with Crippen LogP contribution in [-0.2, 0) is 5.41 Å². The molecule has 5 nitrogen and oxygen atoms in total. The van der Waals surface area contributed by atoms with E-state index in [-0.39, 0.29) is 5.41 Å². The van der Waals surface area contributed by atoms with E-state index in [0.29, 0.717) is 5.92 Å². The van der Waals surface area contributed by atoms with Crippen LogP contribution in [0.15, 0.2) is 23.0 Å². The Morgan fingerprint density at radius 1 is 1.38 bits per heavy atom. The molecule has 0 bridgehead atoms. The second-order valence-electron chi connectivity index (χ2n) is 6.43. The van der Waals surface area contributed by atoms with Crippen molar-refractivity contribution < 1.29 is 4.52 Å². The Hall–Kier alpha value is -1.91. The van der Waals surface area contributed by atoms with Gasteiger partial charge in [-0.05, 0) is 44.2 Å². The molecule has 21 heavy (non-hydrogen) atoms. The zero-order valence-electron chi connectivity index (χ0n) is 12.5. The molecule has 110 valence electrons. The highest BCUT2D eigenvalue weighted by Gasteiger charge is 2.54. The molecule has 0 spiro atoms. The summed E-state index contributed by atoms with van der Waals surface area (Å²) in [6.45, 7) is 6.07. The number of aryl methyl sites for hydroxylation is 2. The van der Waals surface area contributed by atoms with Crippen molar-refractivity contribution in [1.82, 2.24) is 15.1 Å². The van der Waals surface area contributed by atoms with Gasteiger partial charge >= 0.3 is 0 Å². The first-order chi connectivity index (χ1) is 10.2. The van der Waals surface area contributed by atoms with E-state index in [1.807, 2.05) is 19.3 Å². The smallest absolute Gasteiger partial charge is 0.234 e. The zero-order chi connectivity index (χ0) is 14.4. The molecule has 2 aromatic heterocycles. The molecule has 0 N–H and O–H groups in total. The molecule has 2 fully saturated rings. The lowest BCUT2D eigenvalue weighted by Crippen LogP contribution is -2.32. The fourth-order valence-corrected chi connectivity index (χ4v) is 4.14. The van der Waals surface area contributed by atoms with Crippen LogP contribution in [0.1, 0.15) is 36.5 Å². The molecular formula is C16H20N4O. The van der Waals surface area contributed by atoms with Crippen molar-refractivity contribution >= 4 is 5.69 Å². The maximum absolute atomic E-state index is 5.57. The van der Waals surface area contributed by atoms with E-state index >= 15 is 0 Å². The number of rotatable bonds is 2. The third kappa shape index (κ3) is 1.87. The third-order valence-electron chi connectivity index (χ3n) is 5.16. The van der Waals surface area contributed by atoms with Crippen molar-refractivity contribution in [2.75, 3.05) is 18.0 Å². The Morgan fingerprint density at radius 3 is 3.05 bits per heavy atom. The fraction of sp³-hybridized carbons (Fsp3) is 0.562. The number of pyridine rings is 1. The lowest BCUT2D eigenvalue weighted by Gasteiger charge is -2.25. The maximum Gasteiger partial charge on any atom is 0.234 e. The summed E-state index contributed by atoms with van der Waals surface area (Å²) in [6.07, 6.45) is 7.48. The lowest BCUT2D eigenvalue weighted by atomic mass is 9.80. The van der Waals surface area contributed by atoms with Gasteiger partial charge in [-0.3, -0.25) is 4.98 Å². The second-order valence-corrected chi connectivity index (χ2v) is 6.43. The normalized spacial score (nSPS) is 28.1. The number of hydrogen-bond donors (Lipinski definition) is 0. The highest BCUT2D eigenvalue weighted by atomic mass is 16.5. The average molecular weight is 284 g/mol. The first kappa shape index (κ1) is 12.8. The van der Waals surface area contributed by atoms with Gasteiger partial charge in [-0.15, -0.1) is 0 Å². The Labute approximate surface area is 124 Å². The number of aromatic nitrogens is 3. The molecule has 1 aliphatic carbocycles. The highest BCUT2D eigenvalue weighted by Crippen LogP contribution is 2.50. The molecule has 0 amide bonds. The Balaban J connectivity index is 1.71. The van der Waals surface area contributed by atoms with E-state index < -0.39 is 0 Å². The third-order valence-corrected chi connectivity index (χ3v) is 5.16. The predicted octanol–water partition coefficient (Wildman–Crippen LogP) is 2.64. The first-order valence-corrected chi connectivity index (χ1v) is 7.65. The SMILES string of the molecule is Cc1noc([C@]23CCC[C@H]2CN(c2ccncc2C)C3)n1. The van der Waals surface area contributed by atoms with Crippen LogP contribution >= 0.6 is 0 Å². The molecule has 4 rings (SSSR count). The molecule has 2 atom stereocenters. The zero-order valence-corrected chi connectivity index (χ0v) is 12.5. The van der Waals surface area contributed by atoms with Crippen LogP contribution in [0.5, 0.6) is 0 Å². The van der Waals surface area contributed by atoms with Crippen molar-refractivity contribution in [3.05, 3.63) is 35.7 Å². The standard InChI is InChI=1S/C16H20N4O/c1-11-8-17-7-5-14(11)20-9-13-4-3-6-16(13,10-20)15-18-12(2)19-21-15/h5,7-8,13H,3-4,6,9-10H2,1-2H3/t13-,16-/m0/s1. The van der Waals surface area contributed by atoms with Gasteiger partial charge in [0.05, 0.1) is 5.41 Å². The van der Waals surface area contributed by atoms with Gasteiger partial charge in [0.2, 0.25) is 5.89 Å². The number of fused-ring (bicyclic) bond motifs is 1. The van der Waals surface area contributed by atoms with Gasteiger partial charge < -0.3 is 9.42 Å². The Morgan fingerprint density at radius 2 is 2.29 bits per heavy atom. The van der Waals surface area contributed by atoms with E-state index in [2.05, 4.69) is 33.0 Å². The van der Waals surface area contributed by atoms with Crippen molar-refractivity contribution in [2.24, 2.45) is 5.92 Å². The largest absolute Gasteiger partial charge is 0.370 e. The van der Waals surface area contributed by atoms with Crippen LogP contribution < -0.4 is 4.90 Å². The maximum atomic E-state index is 5.57. The van der Waals surface area contributed by atoms with Gasteiger partial charge in [-0.1, -0.05) is 11.6 Å². The molecule has 0 aromatic carbocycles. The minimum absolute atomic E-state index is 0.0525.